The lowest BCUT2D eigenvalue weighted by Crippen LogP contribution is -2.36. The van der Waals surface area contributed by atoms with Crippen LogP contribution in [-0.4, -0.2) is 36.7 Å². The highest BCUT2D eigenvalue weighted by Crippen LogP contribution is 2.31. The number of carbonyl (C=O) groups excluding carboxylic acids is 1. The van der Waals surface area contributed by atoms with Gasteiger partial charge in [0.2, 0.25) is 5.91 Å². The molecule has 2 N–H and O–H groups in total. The average molecular weight is 243 g/mol. The molecule has 1 rings (SSSR count). The molecule has 0 aliphatic heterocycles. The summed E-state index contributed by atoms with van der Waals surface area (Å²) >= 11 is 0. The smallest absolute Gasteiger partial charge is 0.307 e. The van der Waals surface area contributed by atoms with E-state index in [1.807, 2.05) is 6.92 Å². The largest absolute Gasteiger partial charge is 0.481 e. The fraction of sp³-hybridized carbons (Fsp3) is 0.833. The summed E-state index contributed by atoms with van der Waals surface area (Å²) in [4.78, 5) is 22.7. The molecule has 1 aliphatic carbocycles. The van der Waals surface area contributed by atoms with Crippen molar-refractivity contribution in [2.75, 3.05) is 19.8 Å². The summed E-state index contributed by atoms with van der Waals surface area (Å²) in [5, 5.41) is 11.8. The zero-order valence-corrected chi connectivity index (χ0v) is 10.3. The first-order valence-corrected chi connectivity index (χ1v) is 6.25. The molecule has 2 atom stereocenters. The standard InChI is InChI=1S/C12H21NO4/c1-2-17-8-4-7-13-11(14)9-5-3-6-10(9)12(15)16/h9-10H,2-8H2,1H3,(H,13,14)(H,15,16). The number of hydrogen-bond donors (Lipinski definition) is 2. The molecule has 17 heavy (non-hydrogen) atoms. The number of rotatable bonds is 7. The van der Waals surface area contributed by atoms with Crippen molar-refractivity contribution in [3.8, 4) is 0 Å². The molecule has 5 nitrogen and oxygen atoms in total. The number of hydrogen-bond acceptors (Lipinski definition) is 3. The molecule has 1 fully saturated rings. The molecule has 0 saturated heterocycles. The van der Waals surface area contributed by atoms with E-state index in [1.54, 1.807) is 0 Å². The number of carboxylic acid groups (broad SMARTS) is 1. The van der Waals surface area contributed by atoms with Crippen LogP contribution in [0.4, 0.5) is 0 Å². The van der Waals surface area contributed by atoms with Crippen molar-refractivity contribution < 1.29 is 19.4 Å². The lowest BCUT2D eigenvalue weighted by atomic mass is 9.95. The molecule has 5 heteroatoms. The Morgan fingerprint density at radius 1 is 1.35 bits per heavy atom. The summed E-state index contributed by atoms with van der Waals surface area (Å²) in [6, 6.07) is 0. The van der Waals surface area contributed by atoms with Crippen LogP contribution in [0.15, 0.2) is 0 Å². The summed E-state index contributed by atoms with van der Waals surface area (Å²) in [6.07, 6.45) is 2.90. The molecule has 0 bridgehead atoms. The molecule has 0 heterocycles. The van der Waals surface area contributed by atoms with Crippen LogP contribution >= 0.6 is 0 Å². The van der Waals surface area contributed by atoms with Crippen LogP contribution in [0.5, 0.6) is 0 Å². The number of ether oxygens (including phenoxy) is 1. The third-order valence-corrected chi connectivity index (χ3v) is 3.14. The van der Waals surface area contributed by atoms with Gasteiger partial charge in [-0.3, -0.25) is 9.59 Å². The van der Waals surface area contributed by atoms with Crippen LogP contribution in [0, 0.1) is 11.8 Å². The lowest BCUT2D eigenvalue weighted by Gasteiger charge is -2.15. The Morgan fingerprint density at radius 2 is 2.06 bits per heavy atom. The number of carboxylic acids is 1. The summed E-state index contributed by atoms with van der Waals surface area (Å²) in [7, 11) is 0. The van der Waals surface area contributed by atoms with Gasteiger partial charge in [-0.15, -0.1) is 0 Å². The normalized spacial score (nSPS) is 23.6. The summed E-state index contributed by atoms with van der Waals surface area (Å²) in [6.45, 7) is 3.79. The van der Waals surface area contributed by atoms with E-state index in [0.717, 1.165) is 12.8 Å². The van der Waals surface area contributed by atoms with Gasteiger partial charge in [0.1, 0.15) is 0 Å². The first kappa shape index (κ1) is 14.0. The molecular formula is C12H21NO4. The molecule has 2 unspecified atom stereocenters. The van der Waals surface area contributed by atoms with E-state index in [9.17, 15) is 9.59 Å². The topological polar surface area (TPSA) is 75.6 Å². The first-order valence-electron chi connectivity index (χ1n) is 6.25. The third kappa shape index (κ3) is 4.34. The first-order chi connectivity index (χ1) is 8.16. The van der Waals surface area contributed by atoms with Gasteiger partial charge in [0.05, 0.1) is 11.8 Å². The van der Waals surface area contributed by atoms with Crippen molar-refractivity contribution in [3.63, 3.8) is 0 Å². The molecule has 0 radical (unpaired) electrons. The summed E-state index contributed by atoms with van der Waals surface area (Å²) in [5.74, 6) is -1.81. The van der Waals surface area contributed by atoms with Crippen LogP contribution in [0.1, 0.15) is 32.6 Å². The highest BCUT2D eigenvalue weighted by Gasteiger charge is 2.37. The van der Waals surface area contributed by atoms with Gasteiger partial charge in [-0.05, 0) is 26.2 Å². The number of nitrogens with one attached hydrogen (secondary N) is 1. The van der Waals surface area contributed by atoms with E-state index in [-0.39, 0.29) is 11.8 Å². The molecule has 0 aromatic carbocycles. The van der Waals surface area contributed by atoms with Gasteiger partial charge in [-0.25, -0.2) is 0 Å². The highest BCUT2D eigenvalue weighted by atomic mass is 16.5. The zero-order valence-electron chi connectivity index (χ0n) is 10.3. The Hall–Kier alpha value is -1.10. The summed E-state index contributed by atoms with van der Waals surface area (Å²) < 4.78 is 5.15. The Labute approximate surface area is 102 Å². The monoisotopic (exact) mass is 243 g/mol. The van der Waals surface area contributed by atoms with Crippen molar-refractivity contribution in [2.24, 2.45) is 11.8 Å². The van der Waals surface area contributed by atoms with Crippen LogP contribution in [0.2, 0.25) is 0 Å². The van der Waals surface area contributed by atoms with Gasteiger partial charge >= 0.3 is 5.97 Å². The summed E-state index contributed by atoms with van der Waals surface area (Å²) in [5.41, 5.74) is 0. The maximum absolute atomic E-state index is 11.8. The molecular weight excluding hydrogens is 222 g/mol. The van der Waals surface area contributed by atoms with E-state index < -0.39 is 11.9 Å². The second kappa shape index (κ2) is 7.27. The minimum Gasteiger partial charge on any atom is -0.481 e. The van der Waals surface area contributed by atoms with Gasteiger partial charge in [0.15, 0.2) is 0 Å². The minimum absolute atomic E-state index is 0.119. The van der Waals surface area contributed by atoms with Crippen LogP contribution in [-0.2, 0) is 14.3 Å². The Bertz CT molecular complexity index is 267. The van der Waals surface area contributed by atoms with E-state index in [4.69, 9.17) is 9.84 Å². The Balaban J connectivity index is 2.25. The predicted octanol–water partition coefficient (Wildman–Crippen LogP) is 1.03. The quantitative estimate of drug-likeness (QED) is 0.655. The lowest BCUT2D eigenvalue weighted by molar-refractivity contribution is -0.146. The average Bonchev–Trinajstić information content (AvgIpc) is 2.77. The Morgan fingerprint density at radius 3 is 2.71 bits per heavy atom. The fourth-order valence-electron chi connectivity index (χ4n) is 2.23. The van der Waals surface area contributed by atoms with Crippen molar-refractivity contribution in [3.05, 3.63) is 0 Å². The molecule has 0 spiro atoms. The van der Waals surface area contributed by atoms with Crippen molar-refractivity contribution in [1.82, 2.24) is 5.32 Å². The van der Waals surface area contributed by atoms with Gasteiger partial charge in [0, 0.05) is 19.8 Å². The highest BCUT2D eigenvalue weighted by molar-refractivity contribution is 5.85. The Kier molecular flexibility index (Phi) is 5.97. The van der Waals surface area contributed by atoms with Gasteiger partial charge in [0.25, 0.3) is 0 Å². The number of aliphatic carboxylic acids is 1. The van der Waals surface area contributed by atoms with E-state index >= 15 is 0 Å². The molecule has 0 aromatic heterocycles. The maximum atomic E-state index is 11.8. The zero-order chi connectivity index (χ0) is 12.7. The molecule has 1 saturated carbocycles. The molecule has 98 valence electrons. The van der Waals surface area contributed by atoms with Crippen molar-refractivity contribution in [1.29, 1.82) is 0 Å². The second-order valence-electron chi connectivity index (χ2n) is 4.32. The van der Waals surface area contributed by atoms with Gasteiger partial charge in [-0.1, -0.05) is 6.42 Å². The van der Waals surface area contributed by atoms with Gasteiger partial charge < -0.3 is 15.2 Å². The SMILES string of the molecule is CCOCCCNC(=O)C1CCCC1C(=O)O. The van der Waals surface area contributed by atoms with Gasteiger partial charge in [-0.2, -0.15) is 0 Å². The fourth-order valence-corrected chi connectivity index (χ4v) is 2.23. The molecule has 1 aliphatic rings. The molecule has 0 aromatic rings. The third-order valence-electron chi connectivity index (χ3n) is 3.14. The maximum Gasteiger partial charge on any atom is 0.307 e. The van der Waals surface area contributed by atoms with E-state index in [2.05, 4.69) is 5.32 Å². The van der Waals surface area contributed by atoms with Crippen molar-refractivity contribution in [2.45, 2.75) is 32.6 Å². The van der Waals surface area contributed by atoms with Crippen molar-refractivity contribution >= 4 is 11.9 Å². The minimum atomic E-state index is -0.850. The number of amides is 1. The number of carbonyl (C=O) groups is 2. The predicted molar refractivity (Wildman–Crippen MR) is 62.6 cm³/mol. The molecule has 1 amide bonds. The van der Waals surface area contributed by atoms with Crippen LogP contribution in [0.3, 0.4) is 0 Å². The van der Waals surface area contributed by atoms with Crippen LogP contribution < -0.4 is 5.32 Å². The van der Waals surface area contributed by atoms with Crippen LogP contribution in [0.25, 0.3) is 0 Å². The second-order valence-corrected chi connectivity index (χ2v) is 4.32. The van der Waals surface area contributed by atoms with E-state index in [1.165, 1.54) is 0 Å². The van der Waals surface area contributed by atoms with E-state index in [0.29, 0.717) is 32.6 Å².